The Bertz CT molecular complexity index is 1630. The molecule has 0 radical (unpaired) electrons. The van der Waals surface area contributed by atoms with Gasteiger partial charge in [-0.05, 0) is 79.8 Å². The van der Waals surface area contributed by atoms with Crippen LogP contribution in [0.3, 0.4) is 0 Å². The van der Waals surface area contributed by atoms with Gasteiger partial charge in [-0.3, -0.25) is 14.8 Å². The summed E-state index contributed by atoms with van der Waals surface area (Å²) in [6.45, 7) is 3.35. The molecule has 206 valence electrons. The van der Waals surface area contributed by atoms with Crippen molar-refractivity contribution in [2.45, 2.75) is 31.2 Å². The van der Waals surface area contributed by atoms with Gasteiger partial charge in [0.1, 0.15) is 17.7 Å². The minimum absolute atomic E-state index is 0.120. The van der Waals surface area contributed by atoms with Gasteiger partial charge in [-0.1, -0.05) is 0 Å². The third-order valence-corrected chi connectivity index (χ3v) is 8.04. The van der Waals surface area contributed by atoms with Gasteiger partial charge < -0.3 is 10.4 Å². The lowest BCUT2D eigenvalue weighted by atomic mass is 10.1. The van der Waals surface area contributed by atoms with Crippen molar-refractivity contribution >= 4 is 61.9 Å². The van der Waals surface area contributed by atoms with E-state index in [4.69, 9.17) is 0 Å². The van der Waals surface area contributed by atoms with E-state index in [0.29, 0.717) is 39.3 Å². The monoisotopic (exact) mass is 573 g/mol. The Labute approximate surface area is 229 Å². The van der Waals surface area contributed by atoms with Gasteiger partial charge >= 0.3 is 5.97 Å². The summed E-state index contributed by atoms with van der Waals surface area (Å²) in [7, 11) is -2.55. The smallest absolute Gasteiger partial charge is 0.321 e. The van der Waals surface area contributed by atoms with Gasteiger partial charge in [-0.15, -0.1) is 0 Å². The van der Waals surface area contributed by atoms with E-state index in [9.17, 15) is 22.7 Å². The van der Waals surface area contributed by atoms with Gasteiger partial charge in [0.2, 0.25) is 16.0 Å². The fourth-order valence-corrected chi connectivity index (χ4v) is 5.78. The molecule has 4 aromatic rings. The maximum Gasteiger partial charge on any atom is 0.321 e. The highest BCUT2D eigenvalue weighted by Gasteiger charge is 2.28. The summed E-state index contributed by atoms with van der Waals surface area (Å²) in [6, 6.07) is 7.86. The molecule has 0 saturated heterocycles. The van der Waals surface area contributed by atoms with Crippen molar-refractivity contribution in [3.63, 3.8) is 0 Å². The Morgan fingerprint density at radius 1 is 1.23 bits per heavy atom. The van der Waals surface area contributed by atoms with Crippen molar-refractivity contribution in [2.24, 2.45) is 0 Å². The zero-order chi connectivity index (χ0) is 28.3. The number of halogens is 1. The summed E-state index contributed by atoms with van der Waals surface area (Å²) in [4.78, 5) is 22.0. The fourth-order valence-electron chi connectivity index (χ4n) is 3.97. The van der Waals surface area contributed by atoms with E-state index < -0.39 is 27.9 Å². The van der Waals surface area contributed by atoms with E-state index in [1.165, 1.54) is 41.1 Å². The van der Waals surface area contributed by atoms with Crippen molar-refractivity contribution in [2.75, 3.05) is 29.3 Å². The first-order valence-corrected chi connectivity index (χ1v) is 14.7. The van der Waals surface area contributed by atoms with Crippen LogP contribution < -0.4 is 14.9 Å². The molecule has 14 heteroatoms. The van der Waals surface area contributed by atoms with E-state index in [1.807, 2.05) is 6.26 Å². The van der Waals surface area contributed by atoms with Crippen LogP contribution in [0.5, 0.6) is 0 Å². The Kier molecular flexibility index (Phi) is 8.37. The summed E-state index contributed by atoms with van der Waals surface area (Å²) in [5.74, 6) is -0.333. The van der Waals surface area contributed by atoms with Crippen LogP contribution >= 0.6 is 11.8 Å². The van der Waals surface area contributed by atoms with Gasteiger partial charge in [0.25, 0.3) is 0 Å². The molecule has 4 rings (SSSR count). The molecule has 2 aromatic heterocycles. The maximum absolute atomic E-state index is 14.6. The average molecular weight is 574 g/mol. The Morgan fingerprint density at radius 3 is 2.69 bits per heavy atom. The van der Waals surface area contributed by atoms with Crippen LogP contribution in [-0.4, -0.2) is 64.8 Å². The average Bonchev–Trinajstić information content (AvgIpc) is 3.28. The Morgan fingerprint density at radius 2 is 2.00 bits per heavy atom. The maximum atomic E-state index is 14.6. The van der Waals surface area contributed by atoms with E-state index >= 15 is 0 Å². The number of benzene rings is 2. The Hall–Kier alpha value is -3.75. The molecule has 0 unspecified atom stereocenters. The molecule has 4 N–H and O–H groups in total. The largest absolute Gasteiger partial charge is 0.480 e. The first kappa shape index (κ1) is 28.3. The van der Waals surface area contributed by atoms with Crippen LogP contribution in [0.15, 0.2) is 47.5 Å². The zero-order valence-electron chi connectivity index (χ0n) is 21.7. The number of hydrogen-bond donors (Lipinski definition) is 4. The number of fused-ring (bicyclic) bond motifs is 1. The quantitative estimate of drug-likeness (QED) is 0.206. The molecule has 0 saturated carbocycles. The summed E-state index contributed by atoms with van der Waals surface area (Å²) in [5, 5.41) is 20.2. The van der Waals surface area contributed by atoms with Gasteiger partial charge in [-0.25, -0.2) is 17.8 Å². The van der Waals surface area contributed by atoms with Gasteiger partial charge in [0.15, 0.2) is 5.82 Å². The summed E-state index contributed by atoms with van der Waals surface area (Å²) in [6.07, 6.45) is 3.46. The fraction of sp³-hybridized carbons (Fsp3) is 0.280. The number of carboxylic acids is 1. The number of H-pyrrole nitrogens is 1. The molecular formula is C25H28FN7O4S2. The number of hydrogen-bond acceptors (Lipinski definition) is 9. The highest BCUT2D eigenvalue weighted by molar-refractivity contribution is 7.98. The standard InChI is InChI=1S/C25H28FN7O4S2/c1-14-9-16(12-17(10-14)39(36,37)32-20(24(34)35)6-8-38-4)33(25-28-7-5-22(27-3)29-25)23-18-13-19(26)15(2)11-21(18)30-31-23/h5,7,9-13,20,32H,6,8H2,1-4H3,(H,30,31)(H,34,35)(H,27,28,29)/t20-/m0/s1. The molecule has 0 spiro atoms. The van der Waals surface area contributed by atoms with Gasteiger partial charge in [-0.2, -0.15) is 26.6 Å². The minimum Gasteiger partial charge on any atom is -0.480 e. The van der Waals surface area contributed by atoms with Gasteiger partial charge in [0.05, 0.1) is 16.1 Å². The van der Waals surface area contributed by atoms with Crippen LogP contribution in [0.4, 0.5) is 27.7 Å². The lowest BCUT2D eigenvalue weighted by Gasteiger charge is -2.23. The molecule has 0 aliphatic rings. The molecule has 0 fully saturated rings. The molecular weight excluding hydrogens is 545 g/mol. The Balaban J connectivity index is 1.88. The highest BCUT2D eigenvalue weighted by Crippen LogP contribution is 2.38. The van der Waals surface area contributed by atoms with Crippen LogP contribution in [0.1, 0.15) is 17.5 Å². The van der Waals surface area contributed by atoms with Crippen molar-refractivity contribution in [3.05, 3.63) is 59.5 Å². The van der Waals surface area contributed by atoms with Crippen molar-refractivity contribution in [1.29, 1.82) is 0 Å². The molecule has 39 heavy (non-hydrogen) atoms. The minimum atomic E-state index is -4.24. The number of nitrogens with one attached hydrogen (secondary N) is 3. The molecule has 1 atom stereocenters. The molecule has 0 amide bonds. The summed E-state index contributed by atoms with van der Waals surface area (Å²) in [5.41, 5.74) is 1.90. The SMILES string of the molecule is CNc1ccnc(N(c2cc(C)cc(S(=O)(=O)N[C@@H](CCSC)C(=O)O)c2)c2n[nH]c3cc(C)c(F)cc23)n1. The number of sulfonamides is 1. The second-order valence-electron chi connectivity index (χ2n) is 8.82. The van der Waals surface area contributed by atoms with Crippen LogP contribution in [0.25, 0.3) is 10.9 Å². The third-order valence-electron chi connectivity index (χ3n) is 5.94. The predicted molar refractivity (Wildman–Crippen MR) is 150 cm³/mol. The second kappa shape index (κ2) is 11.6. The number of aliphatic carboxylic acids is 1. The van der Waals surface area contributed by atoms with E-state index in [2.05, 4.69) is 30.2 Å². The molecule has 0 aliphatic carbocycles. The van der Waals surface area contributed by atoms with E-state index in [-0.39, 0.29) is 23.1 Å². The van der Waals surface area contributed by atoms with Crippen LogP contribution in [0, 0.1) is 19.7 Å². The number of aromatic amines is 1. The number of anilines is 4. The number of aryl methyl sites for hydroxylation is 2. The zero-order valence-corrected chi connectivity index (χ0v) is 23.3. The number of rotatable bonds is 11. The summed E-state index contributed by atoms with van der Waals surface area (Å²) < 4.78 is 43.6. The second-order valence-corrected chi connectivity index (χ2v) is 11.5. The molecule has 0 aliphatic heterocycles. The van der Waals surface area contributed by atoms with Crippen molar-refractivity contribution in [3.8, 4) is 0 Å². The number of aromatic nitrogens is 4. The highest BCUT2D eigenvalue weighted by atomic mass is 32.2. The molecule has 2 heterocycles. The van der Waals surface area contributed by atoms with Gasteiger partial charge in [0, 0.05) is 18.6 Å². The molecule has 0 bridgehead atoms. The topological polar surface area (TPSA) is 153 Å². The lowest BCUT2D eigenvalue weighted by Crippen LogP contribution is -2.41. The number of thioether (sulfide) groups is 1. The van der Waals surface area contributed by atoms with Crippen molar-refractivity contribution < 1.29 is 22.7 Å². The van der Waals surface area contributed by atoms with Crippen LogP contribution in [-0.2, 0) is 14.8 Å². The van der Waals surface area contributed by atoms with Crippen molar-refractivity contribution in [1.82, 2.24) is 24.9 Å². The summed E-state index contributed by atoms with van der Waals surface area (Å²) >= 11 is 1.42. The lowest BCUT2D eigenvalue weighted by molar-refractivity contribution is -0.139. The normalized spacial score (nSPS) is 12.4. The van der Waals surface area contributed by atoms with E-state index in [1.54, 1.807) is 39.1 Å². The molecule has 2 aromatic carbocycles. The number of nitrogens with zero attached hydrogens (tertiary/aromatic N) is 4. The number of carboxylic acid groups (broad SMARTS) is 1. The number of carbonyl (C=O) groups is 1. The van der Waals surface area contributed by atoms with Crippen LogP contribution in [0.2, 0.25) is 0 Å². The third kappa shape index (κ3) is 6.13. The first-order chi connectivity index (χ1) is 18.5. The van der Waals surface area contributed by atoms with E-state index in [0.717, 1.165) is 0 Å². The predicted octanol–water partition coefficient (Wildman–Crippen LogP) is 4.10. The first-order valence-electron chi connectivity index (χ1n) is 11.8. The molecule has 11 nitrogen and oxygen atoms in total.